The lowest BCUT2D eigenvalue weighted by molar-refractivity contribution is 0.0457. The molecule has 72 valence electrons. The third-order valence-corrected chi connectivity index (χ3v) is 4.28. The number of aryl methyl sites for hydroxylation is 1. The maximum Gasteiger partial charge on any atom is 0.0490 e. The summed E-state index contributed by atoms with van der Waals surface area (Å²) in [5, 5.41) is 11.5. The molecule has 1 aromatic heterocycles. The fourth-order valence-corrected chi connectivity index (χ4v) is 3.07. The second kappa shape index (κ2) is 3.43. The lowest BCUT2D eigenvalue weighted by Crippen LogP contribution is -2.35. The first-order chi connectivity index (χ1) is 6.26. The second-order valence-corrected chi connectivity index (χ2v) is 5.22. The van der Waals surface area contributed by atoms with Gasteiger partial charge in [-0.25, -0.2) is 0 Å². The van der Waals surface area contributed by atoms with E-state index in [0.717, 1.165) is 6.42 Å². The first-order valence-corrected chi connectivity index (χ1v) is 5.78. The molecule has 1 nitrogen and oxygen atoms in total. The summed E-state index contributed by atoms with van der Waals surface area (Å²) in [6, 6.07) is 2.17. The standard InChI is InChI=1S/C11H16OS/c1-9-3-6-13-10(9)7-11(8-12)4-2-5-11/h3,6,12H,2,4-5,7-8H2,1H3. The Morgan fingerprint density at radius 2 is 2.31 bits per heavy atom. The van der Waals surface area contributed by atoms with E-state index in [9.17, 15) is 5.11 Å². The zero-order valence-corrected chi connectivity index (χ0v) is 8.86. The van der Waals surface area contributed by atoms with Crippen LogP contribution in [0.5, 0.6) is 0 Å². The Bertz CT molecular complexity index is 281. The highest BCUT2D eigenvalue weighted by molar-refractivity contribution is 7.10. The van der Waals surface area contributed by atoms with Crippen LogP contribution in [0.1, 0.15) is 29.7 Å². The van der Waals surface area contributed by atoms with Gasteiger partial charge in [0.2, 0.25) is 0 Å². The summed E-state index contributed by atoms with van der Waals surface area (Å²) in [7, 11) is 0. The molecule has 2 rings (SSSR count). The Hall–Kier alpha value is -0.340. The maximum atomic E-state index is 9.33. The van der Waals surface area contributed by atoms with Crippen LogP contribution in [0.3, 0.4) is 0 Å². The predicted molar refractivity (Wildman–Crippen MR) is 56.1 cm³/mol. The molecule has 13 heavy (non-hydrogen) atoms. The topological polar surface area (TPSA) is 20.2 Å². The van der Waals surface area contributed by atoms with Crippen molar-refractivity contribution in [1.82, 2.24) is 0 Å². The summed E-state index contributed by atoms with van der Waals surface area (Å²) in [6.45, 7) is 2.53. The largest absolute Gasteiger partial charge is 0.396 e. The highest BCUT2D eigenvalue weighted by Gasteiger charge is 2.36. The molecule has 0 bridgehead atoms. The molecule has 0 aromatic carbocycles. The van der Waals surface area contributed by atoms with E-state index >= 15 is 0 Å². The Kier molecular flexibility index (Phi) is 2.43. The molecular weight excluding hydrogens is 180 g/mol. The van der Waals surface area contributed by atoms with Crippen LogP contribution in [-0.4, -0.2) is 11.7 Å². The smallest absolute Gasteiger partial charge is 0.0490 e. The van der Waals surface area contributed by atoms with Crippen LogP contribution in [0, 0.1) is 12.3 Å². The molecule has 1 aromatic rings. The Labute approximate surface area is 83.4 Å². The number of thiophene rings is 1. The zero-order valence-electron chi connectivity index (χ0n) is 8.05. The van der Waals surface area contributed by atoms with Crippen molar-refractivity contribution in [3.05, 3.63) is 21.9 Å². The Morgan fingerprint density at radius 1 is 1.54 bits per heavy atom. The molecule has 1 aliphatic rings. The van der Waals surface area contributed by atoms with Crippen molar-refractivity contribution < 1.29 is 5.11 Å². The van der Waals surface area contributed by atoms with E-state index in [2.05, 4.69) is 18.4 Å². The fourth-order valence-electron chi connectivity index (χ4n) is 1.99. The molecule has 0 amide bonds. The van der Waals surface area contributed by atoms with Gasteiger partial charge in [-0.2, -0.15) is 0 Å². The van der Waals surface area contributed by atoms with E-state index in [4.69, 9.17) is 0 Å². The van der Waals surface area contributed by atoms with Gasteiger partial charge in [-0.1, -0.05) is 6.42 Å². The van der Waals surface area contributed by atoms with Crippen LogP contribution < -0.4 is 0 Å². The quantitative estimate of drug-likeness (QED) is 0.788. The highest BCUT2D eigenvalue weighted by atomic mass is 32.1. The summed E-state index contributed by atoms with van der Waals surface area (Å²) in [6.07, 6.45) is 4.81. The third-order valence-electron chi connectivity index (χ3n) is 3.25. The van der Waals surface area contributed by atoms with Crippen LogP contribution in [0.4, 0.5) is 0 Å². The number of hydrogen-bond donors (Lipinski definition) is 1. The van der Waals surface area contributed by atoms with Gasteiger partial charge in [-0.05, 0) is 48.6 Å². The van der Waals surface area contributed by atoms with Crippen molar-refractivity contribution in [2.24, 2.45) is 5.41 Å². The third kappa shape index (κ3) is 1.65. The van der Waals surface area contributed by atoms with Gasteiger partial charge >= 0.3 is 0 Å². The summed E-state index contributed by atoms with van der Waals surface area (Å²) >= 11 is 1.83. The molecular formula is C11H16OS. The SMILES string of the molecule is Cc1ccsc1CC1(CO)CCC1. The fraction of sp³-hybridized carbons (Fsp3) is 0.636. The zero-order chi connectivity index (χ0) is 9.31. The highest BCUT2D eigenvalue weighted by Crippen LogP contribution is 2.44. The predicted octanol–water partition coefficient (Wildman–Crippen LogP) is 2.76. The molecule has 1 aliphatic carbocycles. The molecule has 0 radical (unpaired) electrons. The molecule has 0 saturated heterocycles. The van der Waals surface area contributed by atoms with Gasteiger partial charge < -0.3 is 5.11 Å². The van der Waals surface area contributed by atoms with Gasteiger partial charge in [0.1, 0.15) is 0 Å². The molecule has 1 fully saturated rings. The van der Waals surface area contributed by atoms with Gasteiger partial charge in [-0.3, -0.25) is 0 Å². The summed E-state index contributed by atoms with van der Waals surface area (Å²) < 4.78 is 0. The van der Waals surface area contributed by atoms with Gasteiger partial charge in [-0.15, -0.1) is 11.3 Å². The van der Waals surface area contributed by atoms with E-state index in [1.807, 2.05) is 11.3 Å². The minimum atomic E-state index is 0.246. The van der Waals surface area contributed by atoms with Crippen molar-refractivity contribution in [2.45, 2.75) is 32.6 Å². The van der Waals surface area contributed by atoms with Crippen LogP contribution in [-0.2, 0) is 6.42 Å². The van der Waals surface area contributed by atoms with Gasteiger partial charge in [0, 0.05) is 11.5 Å². The van der Waals surface area contributed by atoms with Crippen LogP contribution in [0.15, 0.2) is 11.4 Å². The van der Waals surface area contributed by atoms with Gasteiger partial charge in [0.05, 0.1) is 0 Å². The van der Waals surface area contributed by atoms with Crippen molar-refractivity contribution in [3.8, 4) is 0 Å². The summed E-state index contributed by atoms with van der Waals surface area (Å²) in [4.78, 5) is 1.47. The first-order valence-electron chi connectivity index (χ1n) is 4.90. The summed E-state index contributed by atoms with van der Waals surface area (Å²) in [5.74, 6) is 0. The number of rotatable bonds is 3. The van der Waals surface area contributed by atoms with E-state index < -0.39 is 0 Å². The minimum Gasteiger partial charge on any atom is -0.396 e. The molecule has 2 heteroatoms. The number of aliphatic hydroxyl groups is 1. The van der Waals surface area contributed by atoms with Crippen molar-refractivity contribution >= 4 is 11.3 Å². The monoisotopic (exact) mass is 196 g/mol. The van der Waals surface area contributed by atoms with E-state index in [-0.39, 0.29) is 5.41 Å². The van der Waals surface area contributed by atoms with E-state index in [0.29, 0.717) is 6.61 Å². The second-order valence-electron chi connectivity index (χ2n) is 4.22. The Balaban J connectivity index is 2.08. The average Bonchev–Trinajstić information content (AvgIpc) is 2.44. The first kappa shape index (κ1) is 9.22. The molecule has 0 spiro atoms. The number of hydrogen-bond acceptors (Lipinski definition) is 2. The van der Waals surface area contributed by atoms with Crippen molar-refractivity contribution in [1.29, 1.82) is 0 Å². The lowest BCUT2D eigenvalue weighted by atomic mass is 9.67. The Morgan fingerprint density at radius 3 is 2.69 bits per heavy atom. The number of aliphatic hydroxyl groups excluding tert-OH is 1. The van der Waals surface area contributed by atoms with Crippen molar-refractivity contribution in [2.75, 3.05) is 6.61 Å². The van der Waals surface area contributed by atoms with Crippen LogP contribution in [0.2, 0.25) is 0 Å². The maximum absolute atomic E-state index is 9.33. The van der Waals surface area contributed by atoms with Crippen LogP contribution in [0.25, 0.3) is 0 Å². The van der Waals surface area contributed by atoms with E-state index in [1.54, 1.807) is 0 Å². The molecule has 0 unspecified atom stereocenters. The van der Waals surface area contributed by atoms with E-state index in [1.165, 1.54) is 29.7 Å². The molecule has 0 aliphatic heterocycles. The minimum absolute atomic E-state index is 0.246. The van der Waals surface area contributed by atoms with Crippen molar-refractivity contribution in [3.63, 3.8) is 0 Å². The summed E-state index contributed by atoms with van der Waals surface area (Å²) in [5.41, 5.74) is 1.64. The molecule has 0 atom stereocenters. The van der Waals surface area contributed by atoms with Crippen LogP contribution >= 0.6 is 11.3 Å². The molecule has 1 N–H and O–H groups in total. The normalized spacial score (nSPS) is 19.8. The van der Waals surface area contributed by atoms with Gasteiger partial charge in [0.25, 0.3) is 0 Å². The molecule has 1 saturated carbocycles. The van der Waals surface area contributed by atoms with Gasteiger partial charge in [0.15, 0.2) is 0 Å². The lowest BCUT2D eigenvalue weighted by Gasteiger charge is -2.40. The average molecular weight is 196 g/mol. The molecule has 1 heterocycles.